The molecule has 0 spiro atoms. The Bertz CT molecular complexity index is 695. The van der Waals surface area contributed by atoms with Gasteiger partial charge in [0, 0.05) is 31.2 Å². The molecule has 0 fully saturated rings. The van der Waals surface area contributed by atoms with Gasteiger partial charge in [0.15, 0.2) is 0 Å². The fraction of sp³-hybridized carbons (Fsp3) is 0.0667. The molecule has 8 heteroatoms. The van der Waals surface area contributed by atoms with Gasteiger partial charge in [0.25, 0.3) is 0 Å². The standard InChI is InChI=1S/C8H7Cl2NS.C7H5Cl2NS/c1-12-8(11)5-2-6(9)4-7(10)3-5;8-5-1-4(7(10)11)2-6(9)3-5/h2-4,11H,1H3;1-3H,(H2,10,11). The molecule has 2 nitrogen and oxygen atoms in total. The van der Waals surface area contributed by atoms with Crippen LogP contribution < -0.4 is 5.73 Å². The molecule has 0 bridgehead atoms. The van der Waals surface area contributed by atoms with Crippen molar-refractivity contribution in [3.8, 4) is 0 Å². The van der Waals surface area contributed by atoms with Crippen molar-refractivity contribution in [2.75, 3.05) is 6.26 Å². The summed E-state index contributed by atoms with van der Waals surface area (Å²) in [7, 11) is 0. The third kappa shape index (κ3) is 7.29. The molecule has 0 saturated carbocycles. The van der Waals surface area contributed by atoms with Gasteiger partial charge in [0.05, 0.1) is 5.04 Å². The summed E-state index contributed by atoms with van der Waals surface area (Å²) in [6.07, 6.45) is 1.84. The Balaban J connectivity index is 0.000000231. The minimum atomic E-state index is 0.300. The van der Waals surface area contributed by atoms with Crippen LogP contribution in [0.3, 0.4) is 0 Å². The average Bonchev–Trinajstić information content (AvgIpc) is 2.45. The normalized spacial score (nSPS) is 9.78. The van der Waals surface area contributed by atoms with E-state index in [1.807, 2.05) is 6.26 Å². The zero-order valence-electron chi connectivity index (χ0n) is 11.9. The average molecular weight is 426 g/mol. The van der Waals surface area contributed by atoms with E-state index < -0.39 is 0 Å². The van der Waals surface area contributed by atoms with Crippen LogP contribution in [0.5, 0.6) is 0 Å². The Labute approximate surface area is 164 Å². The first kappa shape index (κ1) is 20.6. The van der Waals surface area contributed by atoms with Crippen molar-refractivity contribution in [2.24, 2.45) is 5.73 Å². The Kier molecular flexibility index (Phi) is 8.69. The highest BCUT2D eigenvalue weighted by molar-refractivity contribution is 8.13. The van der Waals surface area contributed by atoms with Crippen LogP contribution in [-0.4, -0.2) is 16.3 Å². The van der Waals surface area contributed by atoms with Crippen molar-refractivity contribution < 1.29 is 0 Å². The van der Waals surface area contributed by atoms with E-state index in [0.717, 1.165) is 5.56 Å². The predicted octanol–water partition coefficient (Wildman–Crippen LogP) is 6.31. The maximum atomic E-state index is 7.52. The van der Waals surface area contributed by atoms with E-state index in [4.69, 9.17) is 69.8 Å². The van der Waals surface area contributed by atoms with Gasteiger partial charge in [-0.3, -0.25) is 5.41 Å². The number of hydrogen-bond acceptors (Lipinski definition) is 3. The zero-order chi connectivity index (χ0) is 17.6. The van der Waals surface area contributed by atoms with E-state index in [9.17, 15) is 0 Å². The Morgan fingerprint density at radius 2 is 1.22 bits per heavy atom. The number of nitrogens with one attached hydrogen (secondary N) is 1. The van der Waals surface area contributed by atoms with Gasteiger partial charge >= 0.3 is 0 Å². The fourth-order valence-corrected chi connectivity index (χ4v) is 3.02. The molecule has 2 aromatic rings. The molecule has 0 aliphatic carbocycles. The topological polar surface area (TPSA) is 49.9 Å². The highest BCUT2D eigenvalue weighted by Gasteiger charge is 2.02. The van der Waals surface area contributed by atoms with E-state index in [-0.39, 0.29) is 0 Å². The highest BCUT2D eigenvalue weighted by atomic mass is 35.5. The first-order chi connectivity index (χ1) is 10.7. The molecule has 0 aliphatic rings. The van der Waals surface area contributed by atoms with Gasteiger partial charge in [-0.15, -0.1) is 11.8 Å². The quantitative estimate of drug-likeness (QED) is 0.336. The van der Waals surface area contributed by atoms with Crippen molar-refractivity contribution >= 4 is 80.4 Å². The summed E-state index contributed by atoms with van der Waals surface area (Å²) >= 11 is 29.0. The van der Waals surface area contributed by atoms with Gasteiger partial charge < -0.3 is 5.73 Å². The summed E-state index contributed by atoms with van der Waals surface area (Å²) < 4.78 is 0. The molecular weight excluding hydrogens is 414 g/mol. The van der Waals surface area contributed by atoms with Gasteiger partial charge in [0.2, 0.25) is 0 Å². The molecule has 0 saturated heterocycles. The second-order valence-corrected chi connectivity index (χ2v) is 7.22. The van der Waals surface area contributed by atoms with Crippen LogP contribution in [0.4, 0.5) is 0 Å². The van der Waals surface area contributed by atoms with Crippen LogP contribution in [0.15, 0.2) is 36.4 Å². The number of benzene rings is 2. The van der Waals surface area contributed by atoms with Crippen molar-refractivity contribution in [3.05, 3.63) is 67.6 Å². The summed E-state index contributed by atoms with van der Waals surface area (Å²) in [6, 6.07) is 10.1. The lowest BCUT2D eigenvalue weighted by molar-refractivity contribution is 1.53. The van der Waals surface area contributed by atoms with E-state index in [2.05, 4.69) is 0 Å². The Hall–Kier alpha value is -0.490. The van der Waals surface area contributed by atoms with E-state index >= 15 is 0 Å². The summed E-state index contributed by atoms with van der Waals surface area (Å²) in [4.78, 5) is 0.300. The van der Waals surface area contributed by atoms with Gasteiger partial charge in [-0.25, -0.2) is 0 Å². The molecular formula is C15H12Cl4N2S2. The van der Waals surface area contributed by atoms with Crippen LogP contribution in [0.2, 0.25) is 20.1 Å². The molecule has 0 atom stereocenters. The molecule has 3 N–H and O–H groups in total. The lowest BCUT2D eigenvalue weighted by atomic mass is 10.2. The number of hydrogen-bond donors (Lipinski definition) is 2. The maximum Gasteiger partial charge on any atom is 0.104 e. The number of nitrogens with two attached hydrogens (primary N) is 1. The number of halogens is 4. The van der Waals surface area contributed by atoms with Crippen LogP contribution in [0.25, 0.3) is 0 Å². The third-order valence-electron chi connectivity index (χ3n) is 2.48. The Morgan fingerprint density at radius 3 is 1.52 bits per heavy atom. The van der Waals surface area contributed by atoms with Gasteiger partial charge in [0.1, 0.15) is 4.99 Å². The van der Waals surface area contributed by atoms with E-state index in [1.165, 1.54) is 11.8 Å². The van der Waals surface area contributed by atoms with Crippen LogP contribution in [0.1, 0.15) is 11.1 Å². The fourth-order valence-electron chi connectivity index (χ4n) is 1.50. The van der Waals surface area contributed by atoms with E-state index in [1.54, 1.807) is 36.4 Å². The van der Waals surface area contributed by atoms with E-state index in [0.29, 0.717) is 35.7 Å². The second kappa shape index (κ2) is 9.72. The molecule has 0 aromatic heterocycles. The summed E-state index contributed by atoms with van der Waals surface area (Å²) in [5.74, 6) is 0. The summed E-state index contributed by atoms with van der Waals surface area (Å²) in [6.45, 7) is 0. The van der Waals surface area contributed by atoms with Crippen molar-refractivity contribution in [1.29, 1.82) is 5.41 Å². The molecule has 2 aromatic carbocycles. The van der Waals surface area contributed by atoms with Gasteiger partial charge in [-0.1, -0.05) is 58.6 Å². The van der Waals surface area contributed by atoms with Crippen molar-refractivity contribution in [1.82, 2.24) is 0 Å². The predicted molar refractivity (Wildman–Crippen MR) is 109 cm³/mol. The SMILES string of the molecule is CSC(=N)c1cc(Cl)cc(Cl)c1.NC(=S)c1cc(Cl)cc(Cl)c1. The third-order valence-corrected chi connectivity index (χ3v) is 4.23. The van der Waals surface area contributed by atoms with Crippen LogP contribution in [0, 0.1) is 5.41 Å². The lowest BCUT2D eigenvalue weighted by Gasteiger charge is -2.01. The number of rotatable bonds is 2. The second-order valence-electron chi connectivity index (χ2n) is 4.21. The molecule has 2 rings (SSSR count). The molecule has 0 amide bonds. The molecule has 0 unspecified atom stereocenters. The minimum absolute atomic E-state index is 0.300. The molecule has 0 heterocycles. The summed E-state index contributed by atoms with van der Waals surface area (Å²) in [5.41, 5.74) is 6.82. The molecule has 0 aliphatic heterocycles. The smallest absolute Gasteiger partial charge is 0.104 e. The molecule has 23 heavy (non-hydrogen) atoms. The highest BCUT2D eigenvalue weighted by Crippen LogP contribution is 2.21. The number of thioether (sulfide) groups is 1. The first-order valence-electron chi connectivity index (χ1n) is 6.08. The largest absolute Gasteiger partial charge is 0.389 e. The summed E-state index contributed by atoms with van der Waals surface area (Å²) in [5, 5.41) is 10.2. The van der Waals surface area contributed by atoms with Crippen LogP contribution in [-0.2, 0) is 0 Å². The first-order valence-corrected chi connectivity index (χ1v) is 9.22. The van der Waals surface area contributed by atoms with Crippen molar-refractivity contribution in [3.63, 3.8) is 0 Å². The van der Waals surface area contributed by atoms with Crippen molar-refractivity contribution in [2.45, 2.75) is 0 Å². The lowest BCUT2D eigenvalue weighted by Crippen LogP contribution is -2.08. The van der Waals surface area contributed by atoms with Gasteiger partial charge in [-0.2, -0.15) is 0 Å². The molecule has 0 radical (unpaired) electrons. The monoisotopic (exact) mass is 424 g/mol. The number of thiocarbonyl (C=S) groups is 1. The maximum absolute atomic E-state index is 7.52. The zero-order valence-corrected chi connectivity index (χ0v) is 16.5. The Morgan fingerprint density at radius 1 is 0.870 bits per heavy atom. The van der Waals surface area contributed by atoms with Crippen LogP contribution >= 0.6 is 70.4 Å². The molecule has 122 valence electrons. The van der Waals surface area contributed by atoms with Gasteiger partial charge in [-0.05, 0) is 42.7 Å². The minimum Gasteiger partial charge on any atom is -0.389 e.